The molecular formula is C14H18N2O3. The Kier molecular flexibility index (Phi) is 4.16. The van der Waals surface area contributed by atoms with Crippen LogP contribution in [0.3, 0.4) is 0 Å². The van der Waals surface area contributed by atoms with Gasteiger partial charge in [-0.2, -0.15) is 0 Å². The van der Waals surface area contributed by atoms with Gasteiger partial charge in [-0.3, -0.25) is 14.4 Å². The van der Waals surface area contributed by atoms with Crippen LogP contribution in [0.25, 0.3) is 0 Å². The number of likely N-dealkylation sites (tertiary alicyclic amines) is 1. The van der Waals surface area contributed by atoms with Crippen LogP contribution in [0.4, 0.5) is 0 Å². The first-order valence-corrected chi connectivity index (χ1v) is 6.30. The van der Waals surface area contributed by atoms with Crippen LogP contribution in [0.1, 0.15) is 24.9 Å². The molecule has 0 saturated carbocycles. The molecule has 5 nitrogen and oxygen atoms in total. The number of hydroxylamine groups is 1. The van der Waals surface area contributed by atoms with Crippen molar-refractivity contribution in [3.8, 4) is 0 Å². The van der Waals surface area contributed by atoms with E-state index in [0.29, 0.717) is 6.54 Å². The fraction of sp³-hybridized carbons (Fsp3) is 0.429. The molecule has 0 aliphatic carbocycles. The Labute approximate surface area is 112 Å². The second kappa shape index (κ2) is 5.84. The molecule has 102 valence electrons. The van der Waals surface area contributed by atoms with Crippen LogP contribution >= 0.6 is 0 Å². The number of rotatable bonds is 4. The lowest BCUT2D eigenvalue weighted by molar-refractivity contribution is -0.135. The number of carbonyl (C=O) groups excluding carboxylic acids is 2. The average Bonchev–Trinajstić information content (AvgIpc) is 2.81. The number of amides is 2. The van der Waals surface area contributed by atoms with Crippen molar-refractivity contribution in [3.05, 3.63) is 35.9 Å². The van der Waals surface area contributed by atoms with Gasteiger partial charge in [0.25, 0.3) is 0 Å². The summed E-state index contributed by atoms with van der Waals surface area (Å²) in [4.78, 5) is 30.0. The van der Waals surface area contributed by atoms with Crippen molar-refractivity contribution in [2.24, 2.45) is 5.92 Å². The van der Waals surface area contributed by atoms with Gasteiger partial charge in [-0.15, -0.1) is 0 Å². The quantitative estimate of drug-likeness (QED) is 0.831. The topological polar surface area (TPSA) is 58.6 Å². The van der Waals surface area contributed by atoms with Gasteiger partial charge in [0.15, 0.2) is 0 Å². The van der Waals surface area contributed by atoms with E-state index in [2.05, 4.69) is 10.3 Å². The lowest BCUT2D eigenvalue weighted by Gasteiger charge is -2.25. The van der Waals surface area contributed by atoms with Crippen LogP contribution in [-0.2, 0) is 14.4 Å². The van der Waals surface area contributed by atoms with E-state index in [4.69, 9.17) is 0 Å². The molecule has 0 radical (unpaired) electrons. The van der Waals surface area contributed by atoms with Crippen LogP contribution in [0, 0.1) is 5.92 Å². The summed E-state index contributed by atoms with van der Waals surface area (Å²) >= 11 is 0. The van der Waals surface area contributed by atoms with E-state index in [0.717, 1.165) is 5.56 Å². The number of hydrogen-bond acceptors (Lipinski definition) is 3. The summed E-state index contributed by atoms with van der Waals surface area (Å²) < 4.78 is 0. The fourth-order valence-electron chi connectivity index (χ4n) is 2.38. The maximum atomic E-state index is 12.0. The van der Waals surface area contributed by atoms with E-state index in [1.807, 2.05) is 37.3 Å². The number of carbonyl (C=O) groups is 2. The second-order valence-electron chi connectivity index (χ2n) is 4.70. The second-order valence-corrected chi connectivity index (χ2v) is 4.70. The zero-order valence-corrected chi connectivity index (χ0v) is 11.1. The molecule has 1 aromatic carbocycles. The predicted molar refractivity (Wildman–Crippen MR) is 69.8 cm³/mol. The highest BCUT2D eigenvalue weighted by Gasteiger charge is 2.36. The summed E-state index contributed by atoms with van der Waals surface area (Å²) in [5.74, 6) is -0.565. The third-order valence-electron chi connectivity index (χ3n) is 3.48. The van der Waals surface area contributed by atoms with Crippen molar-refractivity contribution in [2.75, 3.05) is 13.7 Å². The summed E-state index contributed by atoms with van der Waals surface area (Å²) in [6, 6.07) is 9.79. The summed E-state index contributed by atoms with van der Waals surface area (Å²) in [7, 11) is 1.39. The zero-order chi connectivity index (χ0) is 13.8. The van der Waals surface area contributed by atoms with Gasteiger partial charge in [0, 0.05) is 13.0 Å². The Morgan fingerprint density at radius 3 is 2.74 bits per heavy atom. The first-order valence-electron chi connectivity index (χ1n) is 6.30. The largest absolute Gasteiger partial charge is 0.335 e. The van der Waals surface area contributed by atoms with Crippen molar-refractivity contribution in [3.63, 3.8) is 0 Å². The van der Waals surface area contributed by atoms with Gasteiger partial charge >= 0.3 is 0 Å². The molecule has 1 saturated heterocycles. The molecule has 1 aliphatic heterocycles. The standard InChI is InChI=1S/C14H18N2O3/c1-10(11-6-4-3-5-7-11)16-9-12(8-13(16)17)14(18)15-19-2/h3-7,10,12H,8-9H2,1-2H3,(H,15,18)/t10-,12?/m1/s1. The van der Waals surface area contributed by atoms with Gasteiger partial charge in [-0.05, 0) is 12.5 Å². The highest BCUT2D eigenvalue weighted by Crippen LogP contribution is 2.28. The zero-order valence-electron chi connectivity index (χ0n) is 11.1. The molecule has 0 aromatic heterocycles. The number of nitrogens with one attached hydrogen (secondary N) is 1. The van der Waals surface area contributed by atoms with Crippen molar-refractivity contribution >= 4 is 11.8 Å². The van der Waals surface area contributed by atoms with Crippen LogP contribution in [0.5, 0.6) is 0 Å². The Balaban J connectivity index is 2.06. The first kappa shape index (κ1) is 13.5. The lowest BCUT2D eigenvalue weighted by atomic mass is 10.1. The molecule has 0 bridgehead atoms. The van der Waals surface area contributed by atoms with Crippen LogP contribution < -0.4 is 5.48 Å². The van der Waals surface area contributed by atoms with E-state index < -0.39 is 0 Å². The molecule has 1 N–H and O–H groups in total. The van der Waals surface area contributed by atoms with E-state index in [-0.39, 0.29) is 30.2 Å². The minimum absolute atomic E-state index is 0.00704. The van der Waals surface area contributed by atoms with Gasteiger partial charge in [0.05, 0.1) is 19.1 Å². The molecule has 2 amide bonds. The van der Waals surface area contributed by atoms with Crippen LogP contribution in [-0.4, -0.2) is 30.4 Å². The Morgan fingerprint density at radius 2 is 2.11 bits per heavy atom. The fourth-order valence-corrected chi connectivity index (χ4v) is 2.38. The smallest absolute Gasteiger partial charge is 0.248 e. The number of hydrogen-bond donors (Lipinski definition) is 1. The molecule has 5 heteroatoms. The van der Waals surface area contributed by atoms with E-state index in [9.17, 15) is 9.59 Å². The summed E-state index contributed by atoms with van der Waals surface area (Å²) in [5, 5.41) is 0. The summed E-state index contributed by atoms with van der Waals surface area (Å²) in [5.41, 5.74) is 3.36. The average molecular weight is 262 g/mol. The van der Waals surface area contributed by atoms with Gasteiger partial charge in [0.1, 0.15) is 0 Å². The third kappa shape index (κ3) is 2.93. The molecule has 2 atom stereocenters. The van der Waals surface area contributed by atoms with Crippen molar-refractivity contribution < 1.29 is 14.4 Å². The molecule has 2 rings (SSSR count). The van der Waals surface area contributed by atoms with Crippen molar-refractivity contribution in [2.45, 2.75) is 19.4 Å². The first-order chi connectivity index (χ1) is 9.13. The van der Waals surface area contributed by atoms with Gasteiger partial charge in [-0.1, -0.05) is 30.3 Å². The van der Waals surface area contributed by atoms with Crippen LogP contribution in [0.15, 0.2) is 30.3 Å². The Morgan fingerprint density at radius 1 is 1.42 bits per heavy atom. The molecule has 1 heterocycles. The molecule has 1 aliphatic rings. The highest BCUT2D eigenvalue weighted by molar-refractivity contribution is 5.89. The highest BCUT2D eigenvalue weighted by atomic mass is 16.6. The molecule has 1 fully saturated rings. The minimum Gasteiger partial charge on any atom is -0.335 e. The van der Waals surface area contributed by atoms with Gasteiger partial charge in [-0.25, -0.2) is 5.48 Å². The maximum absolute atomic E-state index is 12.0. The van der Waals surface area contributed by atoms with Crippen molar-refractivity contribution in [1.29, 1.82) is 0 Å². The normalized spacial score (nSPS) is 20.4. The van der Waals surface area contributed by atoms with E-state index in [1.54, 1.807) is 4.90 Å². The monoisotopic (exact) mass is 262 g/mol. The lowest BCUT2D eigenvalue weighted by Crippen LogP contribution is -2.33. The Hall–Kier alpha value is -1.88. The molecule has 1 aromatic rings. The van der Waals surface area contributed by atoms with E-state index in [1.165, 1.54) is 7.11 Å². The summed E-state index contributed by atoms with van der Waals surface area (Å²) in [6.07, 6.45) is 0.242. The molecule has 0 spiro atoms. The van der Waals surface area contributed by atoms with Gasteiger partial charge < -0.3 is 4.90 Å². The predicted octanol–water partition coefficient (Wildman–Crippen LogP) is 1.27. The van der Waals surface area contributed by atoms with Crippen molar-refractivity contribution in [1.82, 2.24) is 10.4 Å². The third-order valence-corrected chi connectivity index (χ3v) is 3.48. The molecule has 19 heavy (non-hydrogen) atoms. The molecule has 1 unspecified atom stereocenters. The SMILES string of the molecule is CONC(=O)C1CC(=O)N([C@H](C)c2ccccc2)C1. The van der Waals surface area contributed by atoms with Gasteiger partial charge in [0.2, 0.25) is 11.8 Å². The molecular weight excluding hydrogens is 244 g/mol. The minimum atomic E-state index is -0.335. The maximum Gasteiger partial charge on any atom is 0.248 e. The Bertz CT molecular complexity index is 461. The summed E-state index contributed by atoms with van der Waals surface area (Å²) in [6.45, 7) is 2.41. The van der Waals surface area contributed by atoms with Crippen LogP contribution in [0.2, 0.25) is 0 Å². The number of nitrogens with zero attached hydrogens (tertiary/aromatic N) is 1. The van der Waals surface area contributed by atoms with E-state index >= 15 is 0 Å². The number of benzene rings is 1.